The van der Waals surface area contributed by atoms with Gasteiger partial charge in [0.1, 0.15) is 5.37 Å². The summed E-state index contributed by atoms with van der Waals surface area (Å²) in [6.07, 6.45) is 0. The van der Waals surface area contributed by atoms with Crippen molar-refractivity contribution in [1.82, 2.24) is 5.32 Å². The van der Waals surface area contributed by atoms with Gasteiger partial charge in [0.2, 0.25) is 0 Å². The van der Waals surface area contributed by atoms with Gasteiger partial charge in [0.25, 0.3) is 0 Å². The molecular weight excluding hydrogens is 228 g/mol. The fraction of sp³-hybridized carbons (Fsp3) is 0.200. The fourth-order valence-electron chi connectivity index (χ4n) is 0.914. The third-order valence-electron chi connectivity index (χ3n) is 1.68. The number of carbonyl (C=O) groups excluding carboxylic acids is 1. The van der Waals surface area contributed by atoms with E-state index in [1.165, 1.54) is 6.92 Å². The van der Waals surface area contributed by atoms with Crippen LogP contribution in [0.25, 0.3) is 0 Å². The highest BCUT2D eigenvalue weighted by Crippen LogP contribution is 2.04. The third kappa shape index (κ3) is 4.31. The summed E-state index contributed by atoms with van der Waals surface area (Å²) in [5.74, 6) is -0.0736. The highest BCUT2D eigenvalue weighted by molar-refractivity contribution is 7.82. The van der Waals surface area contributed by atoms with Gasteiger partial charge in [-0.2, -0.15) is 0 Å². The molecule has 0 aliphatic carbocycles. The van der Waals surface area contributed by atoms with Gasteiger partial charge in [-0.3, -0.25) is 4.79 Å². The van der Waals surface area contributed by atoms with Crippen LogP contribution in [-0.4, -0.2) is 16.3 Å². The summed E-state index contributed by atoms with van der Waals surface area (Å²) >= 11 is 9.05. The van der Waals surface area contributed by atoms with Crippen LogP contribution in [0.15, 0.2) is 30.3 Å². The van der Waals surface area contributed by atoms with Crippen molar-refractivity contribution in [3.63, 3.8) is 0 Å². The van der Waals surface area contributed by atoms with Crippen LogP contribution in [0.4, 0.5) is 5.69 Å². The summed E-state index contributed by atoms with van der Waals surface area (Å²) in [5, 5.41) is 5.53. The van der Waals surface area contributed by atoms with E-state index in [-0.39, 0.29) is 5.78 Å². The van der Waals surface area contributed by atoms with E-state index in [1.54, 1.807) is 0 Å². The van der Waals surface area contributed by atoms with Gasteiger partial charge in [-0.05, 0) is 31.3 Å². The van der Waals surface area contributed by atoms with Gasteiger partial charge in [-0.15, -0.1) is 12.6 Å². The van der Waals surface area contributed by atoms with Crippen molar-refractivity contribution in [3.8, 4) is 0 Å². The summed E-state index contributed by atoms with van der Waals surface area (Å²) in [5.41, 5.74) is 0.874. The quantitative estimate of drug-likeness (QED) is 0.428. The molecule has 0 spiro atoms. The van der Waals surface area contributed by atoms with Gasteiger partial charge in [-0.25, -0.2) is 0 Å². The predicted octanol–water partition coefficient (Wildman–Crippen LogP) is 1.82. The smallest absolute Gasteiger partial charge is 0.171 e. The monoisotopic (exact) mass is 240 g/mol. The Kier molecular flexibility index (Phi) is 4.58. The van der Waals surface area contributed by atoms with Crippen molar-refractivity contribution < 1.29 is 4.79 Å². The molecule has 1 unspecified atom stereocenters. The number of hydrogen-bond donors (Lipinski definition) is 3. The van der Waals surface area contributed by atoms with Crippen molar-refractivity contribution in [3.05, 3.63) is 30.3 Å². The first-order valence-electron chi connectivity index (χ1n) is 4.40. The van der Waals surface area contributed by atoms with Gasteiger partial charge in [0.05, 0.1) is 0 Å². The Bertz CT molecular complexity index is 354. The minimum Gasteiger partial charge on any atom is -0.344 e. The highest BCUT2D eigenvalue weighted by Gasteiger charge is 2.08. The zero-order chi connectivity index (χ0) is 11.3. The fourth-order valence-corrected chi connectivity index (χ4v) is 1.37. The van der Waals surface area contributed by atoms with E-state index in [2.05, 4.69) is 23.3 Å². The Balaban J connectivity index is 2.47. The van der Waals surface area contributed by atoms with Crippen LogP contribution in [0.5, 0.6) is 0 Å². The first-order chi connectivity index (χ1) is 7.09. The van der Waals surface area contributed by atoms with Gasteiger partial charge < -0.3 is 10.6 Å². The molecule has 0 saturated carbocycles. The maximum absolute atomic E-state index is 10.9. The summed E-state index contributed by atoms with van der Waals surface area (Å²) in [7, 11) is 0. The molecule has 1 aromatic carbocycles. The molecule has 2 N–H and O–H groups in total. The summed E-state index contributed by atoms with van der Waals surface area (Å²) in [4.78, 5) is 10.9. The third-order valence-corrected chi connectivity index (χ3v) is 2.40. The number of anilines is 1. The van der Waals surface area contributed by atoms with Gasteiger partial charge in [0.15, 0.2) is 10.9 Å². The lowest BCUT2D eigenvalue weighted by molar-refractivity contribution is -0.116. The van der Waals surface area contributed by atoms with Crippen LogP contribution in [0.2, 0.25) is 0 Å². The molecule has 0 fully saturated rings. The van der Waals surface area contributed by atoms with Gasteiger partial charge in [-0.1, -0.05) is 18.2 Å². The minimum atomic E-state index is -0.561. The van der Waals surface area contributed by atoms with Crippen LogP contribution in [0.3, 0.4) is 0 Å². The Labute approximate surface area is 99.7 Å². The first kappa shape index (κ1) is 12.0. The van der Waals surface area contributed by atoms with Gasteiger partial charge >= 0.3 is 0 Å². The topological polar surface area (TPSA) is 41.1 Å². The molecule has 0 aliphatic heterocycles. The lowest BCUT2D eigenvalue weighted by atomic mass is 10.3. The number of rotatable bonds is 3. The number of ketones is 1. The maximum atomic E-state index is 10.9. The minimum absolute atomic E-state index is 0.0736. The summed E-state index contributed by atoms with van der Waals surface area (Å²) < 4.78 is 0. The molecular formula is C10H12N2OS2. The van der Waals surface area contributed by atoms with E-state index >= 15 is 0 Å². The second-order valence-corrected chi connectivity index (χ2v) is 3.90. The number of thiocarbonyl (C=S) groups is 1. The van der Waals surface area contributed by atoms with Crippen molar-refractivity contribution >= 4 is 41.4 Å². The largest absolute Gasteiger partial charge is 0.344 e. The standard InChI is InChI=1S/C10H12N2OS2/c1-7(13)9(14)12-10(15)11-8-5-3-2-4-6-8/h2-6,9,14H,1H3,(H2,11,12,15). The molecule has 3 nitrogen and oxygen atoms in total. The Morgan fingerprint density at radius 3 is 2.53 bits per heavy atom. The molecule has 0 aliphatic rings. The lowest BCUT2D eigenvalue weighted by Gasteiger charge is -2.13. The van der Waals surface area contributed by atoms with E-state index in [4.69, 9.17) is 12.2 Å². The molecule has 0 saturated heterocycles. The van der Waals surface area contributed by atoms with Crippen LogP contribution >= 0.6 is 24.8 Å². The maximum Gasteiger partial charge on any atom is 0.171 e. The summed E-state index contributed by atoms with van der Waals surface area (Å²) in [6.45, 7) is 1.45. The lowest BCUT2D eigenvalue weighted by Crippen LogP contribution is -2.38. The number of Topliss-reactive ketones (excluding diaryl/α,β-unsaturated/α-hetero) is 1. The number of para-hydroxylation sites is 1. The second-order valence-electron chi connectivity index (χ2n) is 2.98. The Hall–Kier alpha value is -1.07. The van der Waals surface area contributed by atoms with Crippen LogP contribution in [0.1, 0.15) is 6.92 Å². The van der Waals surface area contributed by atoms with E-state index < -0.39 is 5.37 Å². The molecule has 0 heterocycles. The molecule has 80 valence electrons. The van der Waals surface area contributed by atoms with Crippen LogP contribution < -0.4 is 10.6 Å². The molecule has 1 atom stereocenters. The van der Waals surface area contributed by atoms with Crippen molar-refractivity contribution in [1.29, 1.82) is 0 Å². The van der Waals surface area contributed by atoms with E-state index in [0.717, 1.165) is 5.69 Å². The molecule has 0 aromatic heterocycles. The molecule has 0 radical (unpaired) electrons. The number of thiol groups is 1. The molecule has 5 heteroatoms. The predicted molar refractivity (Wildman–Crippen MR) is 69.3 cm³/mol. The van der Waals surface area contributed by atoms with Gasteiger partial charge in [0, 0.05) is 5.69 Å². The van der Waals surface area contributed by atoms with Crippen LogP contribution in [-0.2, 0) is 4.79 Å². The molecule has 1 rings (SSSR count). The zero-order valence-electron chi connectivity index (χ0n) is 8.23. The average Bonchev–Trinajstić information content (AvgIpc) is 2.18. The number of nitrogens with one attached hydrogen (secondary N) is 2. The SMILES string of the molecule is CC(=O)C(S)NC(=S)Nc1ccccc1. The first-order valence-corrected chi connectivity index (χ1v) is 5.33. The Morgan fingerprint density at radius 2 is 2.00 bits per heavy atom. The highest BCUT2D eigenvalue weighted by atomic mass is 32.1. The molecule has 15 heavy (non-hydrogen) atoms. The van der Waals surface area contributed by atoms with E-state index in [9.17, 15) is 4.79 Å². The zero-order valence-corrected chi connectivity index (χ0v) is 9.94. The molecule has 0 bridgehead atoms. The van der Waals surface area contributed by atoms with E-state index in [1.807, 2.05) is 30.3 Å². The number of carbonyl (C=O) groups is 1. The van der Waals surface area contributed by atoms with Crippen LogP contribution in [0, 0.1) is 0 Å². The van der Waals surface area contributed by atoms with Crippen molar-refractivity contribution in [2.24, 2.45) is 0 Å². The molecule has 1 aromatic rings. The number of benzene rings is 1. The molecule has 0 amide bonds. The number of hydrogen-bond acceptors (Lipinski definition) is 3. The van der Waals surface area contributed by atoms with E-state index in [0.29, 0.717) is 5.11 Å². The Morgan fingerprint density at radius 1 is 1.40 bits per heavy atom. The second kappa shape index (κ2) is 5.72. The summed E-state index contributed by atoms with van der Waals surface area (Å²) in [6, 6.07) is 9.48. The average molecular weight is 240 g/mol. The van der Waals surface area contributed by atoms with Crippen molar-refractivity contribution in [2.45, 2.75) is 12.3 Å². The van der Waals surface area contributed by atoms with Crippen molar-refractivity contribution in [2.75, 3.05) is 5.32 Å². The normalized spacial score (nSPS) is 11.6.